The summed E-state index contributed by atoms with van der Waals surface area (Å²) in [6.45, 7) is 12.8. The van der Waals surface area contributed by atoms with E-state index in [9.17, 15) is 0 Å². The molecule has 8 rings (SSSR count). The van der Waals surface area contributed by atoms with Gasteiger partial charge >= 0.3 is 0 Å². The van der Waals surface area contributed by atoms with E-state index in [2.05, 4.69) is 201 Å². The van der Waals surface area contributed by atoms with Gasteiger partial charge in [0.2, 0.25) is 0 Å². The monoisotopic (exact) mass is 1080 g/mol. The van der Waals surface area contributed by atoms with Crippen LogP contribution in [0, 0.1) is 70.7 Å². The predicted molar refractivity (Wildman–Crippen MR) is 347 cm³/mol. The van der Waals surface area contributed by atoms with Crippen LogP contribution in [0.3, 0.4) is 0 Å². The second-order valence-corrected chi connectivity index (χ2v) is 26.5. The van der Waals surface area contributed by atoms with Crippen molar-refractivity contribution >= 4 is 8.07 Å². The Morgan fingerprint density at radius 1 is 0.256 bits per heavy atom. The molecule has 0 unspecified atom stereocenters. The Balaban J connectivity index is 0.908. The summed E-state index contributed by atoms with van der Waals surface area (Å²) in [4.78, 5) is 0. The minimum atomic E-state index is -1.48. The first-order chi connectivity index (χ1) is 40.1. The quantitative estimate of drug-likeness (QED) is 0.0484. The van der Waals surface area contributed by atoms with Crippen molar-refractivity contribution in [2.24, 2.45) is 0 Å². The van der Waals surface area contributed by atoms with Gasteiger partial charge in [0.25, 0.3) is 0 Å². The standard InChI is InChI=1S/C79H74O2Si/c1-6-8-10-12-14-16-57-80-78-52-40-68(41-53-78)20-18-64-32-44-74(45-33-64)76-48-36-66(37-49-76)27-30-72-60-71(29-26-63-22-24-70(25-23-63)56-59-82(3,4)5)61-73(62-72)31-28-67-38-50-77(51-39-67)75-46-34-65(35-47-75)19-21-69-42-54-79(55-43-69)81-58-17-15-13-11-9-7-2/h22-25,32-55,60-62H,6-17,57-58H2,1-5H3. The molecule has 0 amide bonds. The summed E-state index contributed by atoms with van der Waals surface area (Å²) in [6.07, 6.45) is 15.1. The molecule has 0 saturated carbocycles. The van der Waals surface area contributed by atoms with Crippen LogP contribution >= 0.6 is 0 Å². The van der Waals surface area contributed by atoms with Crippen LogP contribution in [-0.2, 0) is 0 Å². The average Bonchev–Trinajstić information content (AvgIpc) is 3.52. The lowest BCUT2D eigenvalue weighted by atomic mass is 10.0. The molecular weight excluding hydrogens is 1010 g/mol. The minimum absolute atomic E-state index is 0.760. The van der Waals surface area contributed by atoms with Gasteiger partial charge in [-0.2, -0.15) is 0 Å². The third-order valence-corrected chi connectivity index (χ3v) is 14.5. The third-order valence-electron chi connectivity index (χ3n) is 13.6. The number of hydrogen-bond acceptors (Lipinski definition) is 2. The Labute approximate surface area is 492 Å². The lowest BCUT2D eigenvalue weighted by Gasteiger charge is -2.06. The van der Waals surface area contributed by atoms with Crippen molar-refractivity contribution in [2.75, 3.05) is 13.2 Å². The Morgan fingerprint density at radius 2 is 0.476 bits per heavy atom. The van der Waals surface area contributed by atoms with Crippen molar-refractivity contribution in [1.82, 2.24) is 0 Å². The van der Waals surface area contributed by atoms with E-state index in [-0.39, 0.29) is 0 Å². The molecule has 0 saturated heterocycles. The molecule has 0 aliphatic rings. The number of hydrogen-bond donors (Lipinski definition) is 0. The molecule has 0 N–H and O–H groups in total. The van der Waals surface area contributed by atoms with Gasteiger partial charge in [-0.3, -0.25) is 0 Å². The van der Waals surface area contributed by atoms with Crippen molar-refractivity contribution < 1.29 is 9.47 Å². The van der Waals surface area contributed by atoms with Gasteiger partial charge in [-0.15, -0.1) is 5.54 Å². The first-order valence-electron chi connectivity index (χ1n) is 29.4. The van der Waals surface area contributed by atoms with E-state index in [1.165, 1.54) is 64.2 Å². The maximum Gasteiger partial charge on any atom is 0.129 e. The second-order valence-electron chi connectivity index (χ2n) is 21.7. The molecule has 0 fully saturated rings. The molecule has 0 spiro atoms. The largest absolute Gasteiger partial charge is 0.494 e. The van der Waals surface area contributed by atoms with Gasteiger partial charge in [-0.05, 0) is 175 Å². The molecule has 0 aliphatic heterocycles. The summed E-state index contributed by atoms with van der Waals surface area (Å²) in [6, 6.07) is 64.0. The zero-order chi connectivity index (χ0) is 57.0. The van der Waals surface area contributed by atoms with Crippen molar-refractivity contribution in [2.45, 2.75) is 111 Å². The molecule has 2 nitrogen and oxygen atoms in total. The fourth-order valence-corrected chi connectivity index (χ4v) is 9.38. The smallest absolute Gasteiger partial charge is 0.129 e. The van der Waals surface area contributed by atoms with Gasteiger partial charge in [0.1, 0.15) is 19.6 Å². The molecule has 0 atom stereocenters. The highest BCUT2D eigenvalue weighted by Gasteiger charge is 2.08. The van der Waals surface area contributed by atoms with E-state index in [4.69, 9.17) is 9.47 Å². The molecular formula is C79H74O2Si. The average molecular weight is 1080 g/mol. The van der Waals surface area contributed by atoms with Crippen LogP contribution in [0.5, 0.6) is 11.5 Å². The Kier molecular flexibility index (Phi) is 22.8. The van der Waals surface area contributed by atoms with E-state index in [0.717, 1.165) is 121 Å². The lowest BCUT2D eigenvalue weighted by molar-refractivity contribution is 0.304. The maximum absolute atomic E-state index is 5.96. The Hall–Kier alpha value is -9.06. The summed E-state index contributed by atoms with van der Waals surface area (Å²) in [5.41, 5.74) is 18.0. The normalized spacial score (nSPS) is 10.4. The second kappa shape index (κ2) is 31.7. The molecule has 406 valence electrons. The molecule has 0 aliphatic carbocycles. The molecule has 8 aromatic rings. The number of rotatable bonds is 18. The van der Waals surface area contributed by atoms with Crippen LogP contribution in [0.25, 0.3) is 22.3 Å². The lowest BCUT2D eigenvalue weighted by Crippen LogP contribution is -2.16. The van der Waals surface area contributed by atoms with E-state index in [1.54, 1.807) is 0 Å². The highest BCUT2D eigenvalue weighted by atomic mass is 28.3. The van der Waals surface area contributed by atoms with Gasteiger partial charge in [0.15, 0.2) is 0 Å². The van der Waals surface area contributed by atoms with E-state index in [1.807, 2.05) is 91.0 Å². The zero-order valence-electron chi connectivity index (χ0n) is 48.6. The number of benzene rings is 8. The van der Waals surface area contributed by atoms with Crippen LogP contribution in [0.15, 0.2) is 188 Å². The molecule has 0 radical (unpaired) electrons. The molecule has 0 heterocycles. The van der Waals surface area contributed by atoms with Gasteiger partial charge < -0.3 is 9.47 Å². The molecule has 8 aromatic carbocycles. The third kappa shape index (κ3) is 20.6. The summed E-state index contributed by atoms with van der Waals surface area (Å²) >= 11 is 0. The number of ether oxygens (including phenoxy) is 2. The van der Waals surface area contributed by atoms with Gasteiger partial charge in [-0.25, -0.2) is 0 Å². The van der Waals surface area contributed by atoms with Crippen LogP contribution in [-0.4, -0.2) is 21.3 Å². The molecule has 0 aromatic heterocycles. The van der Waals surface area contributed by atoms with Gasteiger partial charge in [-0.1, -0.05) is 211 Å². The molecule has 82 heavy (non-hydrogen) atoms. The molecule has 3 heteroatoms. The summed E-state index contributed by atoms with van der Waals surface area (Å²) in [5.74, 6) is 38.7. The van der Waals surface area contributed by atoms with Crippen molar-refractivity contribution in [3.8, 4) is 104 Å². The van der Waals surface area contributed by atoms with E-state index < -0.39 is 8.07 Å². The van der Waals surface area contributed by atoms with E-state index >= 15 is 0 Å². The summed E-state index contributed by atoms with van der Waals surface area (Å²) < 4.78 is 11.9. The van der Waals surface area contributed by atoms with Crippen molar-refractivity contribution in [1.29, 1.82) is 0 Å². The van der Waals surface area contributed by atoms with Gasteiger partial charge in [0, 0.05) is 61.2 Å². The summed E-state index contributed by atoms with van der Waals surface area (Å²) in [7, 11) is -1.48. The van der Waals surface area contributed by atoms with Crippen LogP contribution in [0.2, 0.25) is 19.6 Å². The first kappa shape index (κ1) is 59.1. The Morgan fingerprint density at radius 3 is 0.744 bits per heavy atom. The highest BCUT2D eigenvalue weighted by Crippen LogP contribution is 2.23. The first-order valence-corrected chi connectivity index (χ1v) is 32.9. The fourth-order valence-electron chi connectivity index (χ4n) is 8.86. The van der Waals surface area contributed by atoms with Crippen LogP contribution in [0.1, 0.15) is 152 Å². The van der Waals surface area contributed by atoms with Crippen molar-refractivity contribution in [3.05, 3.63) is 249 Å². The molecule has 0 bridgehead atoms. The fraction of sp³-hybridized carbons (Fsp3) is 0.241. The number of unbranched alkanes of at least 4 members (excludes halogenated alkanes) is 10. The predicted octanol–water partition coefficient (Wildman–Crippen LogP) is 18.7. The SMILES string of the molecule is CCCCCCCCOc1ccc(C#Cc2ccc(-c3ccc(C#Cc4cc(C#Cc5ccc(C#C[Si](C)(C)C)cc5)cc(C#Cc5ccc(-c6ccc(C#Cc7ccc(OCCCCCCCC)cc7)cc6)cc5)c4)cc3)cc2)cc1. The Bertz CT molecular complexity index is 3510. The van der Waals surface area contributed by atoms with Crippen molar-refractivity contribution in [3.63, 3.8) is 0 Å². The van der Waals surface area contributed by atoms with Crippen LogP contribution in [0.4, 0.5) is 0 Å². The minimum Gasteiger partial charge on any atom is -0.494 e. The van der Waals surface area contributed by atoms with Gasteiger partial charge in [0.05, 0.1) is 13.2 Å². The highest BCUT2D eigenvalue weighted by molar-refractivity contribution is 6.83. The topological polar surface area (TPSA) is 18.5 Å². The van der Waals surface area contributed by atoms with Crippen LogP contribution < -0.4 is 9.47 Å². The zero-order valence-corrected chi connectivity index (χ0v) is 49.6. The summed E-state index contributed by atoms with van der Waals surface area (Å²) in [5, 5.41) is 0. The van der Waals surface area contributed by atoms with E-state index in [0.29, 0.717) is 0 Å². The maximum atomic E-state index is 5.96.